The Bertz CT molecular complexity index is 889. The largest absolute Gasteiger partial charge is 0.508 e. The molecule has 1 aromatic rings. The van der Waals surface area contributed by atoms with Gasteiger partial charge in [-0.3, -0.25) is 14.4 Å². The summed E-state index contributed by atoms with van der Waals surface area (Å²) in [4.78, 5) is 52.4. The van der Waals surface area contributed by atoms with Crippen LogP contribution in [0.5, 0.6) is 5.75 Å². The Hall–Kier alpha value is -2.95. The standard InChI is InChI=1S/C25H39N3O7S/c1-6-7-8-9-13-28(23(32)19(16-36)27-24(33)35-25(2,3)4)21(17-11-10-12-18(29)14-17)22(31)26-15-20(30)34-5/h10-12,14,19,21,29,36H,6-9,13,15-16H2,1-5H3,(H,26,31)(H,27,33). The number of carbonyl (C=O) groups is 4. The SMILES string of the molecule is CCCCCCN(C(=O)C(CS)NC(=O)OC(C)(C)C)C(C(=O)NCC(=O)OC)c1cccc(O)c1. The van der Waals surface area contributed by atoms with Crippen LogP contribution in [-0.2, 0) is 23.9 Å². The lowest BCUT2D eigenvalue weighted by Gasteiger charge is -2.34. The van der Waals surface area contributed by atoms with Gasteiger partial charge in [-0.25, -0.2) is 4.79 Å². The number of rotatable bonds is 13. The number of hydrogen-bond donors (Lipinski definition) is 4. The molecule has 0 bridgehead atoms. The number of nitrogens with one attached hydrogen (secondary N) is 2. The van der Waals surface area contributed by atoms with Crippen LogP contribution in [0.1, 0.15) is 65.0 Å². The maximum Gasteiger partial charge on any atom is 0.408 e. The topological polar surface area (TPSA) is 134 Å². The molecule has 0 saturated carbocycles. The zero-order chi connectivity index (χ0) is 27.3. The third-order valence-corrected chi connectivity index (χ3v) is 5.45. The summed E-state index contributed by atoms with van der Waals surface area (Å²) in [5, 5.41) is 15.1. The average Bonchev–Trinajstić information content (AvgIpc) is 2.81. The minimum atomic E-state index is -1.18. The maximum atomic E-state index is 13.7. The molecule has 202 valence electrons. The van der Waals surface area contributed by atoms with Crippen LogP contribution in [0.3, 0.4) is 0 Å². The first-order valence-electron chi connectivity index (χ1n) is 12.0. The number of esters is 1. The third kappa shape index (κ3) is 10.8. The van der Waals surface area contributed by atoms with Crippen molar-refractivity contribution in [3.8, 4) is 5.75 Å². The van der Waals surface area contributed by atoms with Gasteiger partial charge in [-0.05, 0) is 44.9 Å². The van der Waals surface area contributed by atoms with Crippen molar-refractivity contribution in [2.24, 2.45) is 0 Å². The van der Waals surface area contributed by atoms with E-state index in [1.54, 1.807) is 32.9 Å². The first kappa shape index (κ1) is 31.1. The number of phenols is 1. The van der Waals surface area contributed by atoms with Crippen molar-refractivity contribution < 1.29 is 33.8 Å². The van der Waals surface area contributed by atoms with Gasteiger partial charge in [0.05, 0.1) is 7.11 Å². The summed E-state index contributed by atoms with van der Waals surface area (Å²) in [6, 6.07) is 3.72. The van der Waals surface area contributed by atoms with Crippen LogP contribution in [0.2, 0.25) is 0 Å². The Balaban J connectivity index is 3.37. The molecule has 1 rings (SSSR count). The molecule has 0 fully saturated rings. The van der Waals surface area contributed by atoms with Gasteiger partial charge in [-0.15, -0.1) is 0 Å². The Morgan fingerprint density at radius 1 is 1.14 bits per heavy atom. The molecule has 0 spiro atoms. The molecule has 0 saturated heterocycles. The highest BCUT2D eigenvalue weighted by molar-refractivity contribution is 7.80. The number of phenolic OH excluding ortho intramolecular Hbond substituents is 1. The van der Waals surface area contributed by atoms with Crippen LogP contribution < -0.4 is 10.6 Å². The molecule has 2 atom stereocenters. The van der Waals surface area contributed by atoms with Crippen LogP contribution in [0.25, 0.3) is 0 Å². The highest BCUT2D eigenvalue weighted by Crippen LogP contribution is 2.26. The van der Waals surface area contributed by atoms with E-state index >= 15 is 0 Å². The number of carbonyl (C=O) groups excluding carboxylic acids is 4. The predicted molar refractivity (Wildman–Crippen MR) is 139 cm³/mol. The first-order valence-corrected chi connectivity index (χ1v) is 12.6. The fraction of sp³-hybridized carbons (Fsp3) is 0.600. The van der Waals surface area contributed by atoms with Gasteiger partial charge in [0.15, 0.2) is 0 Å². The monoisotopic (exact) mass is 525 g/mol. The maximum absolute atomic E-state index is 13.7. The lowest BCUT2D eigenvalue weighted by atomic mass is 10.0. The number of thiol groups is 1. The highest BCUT2D eigenvalue weighted by atomic mass is 32.1. The van der Waals surface area contributed by atoms with Crippen LogP contribution >= 0.6 is 12.6 Å². The van der Waals surface area contributed by atoms with Crippen LogP contribution in [-0.4, -0.2) is 71.5 Å². The molecule has 3 amide bonds. The smallest absolute Gasteiger partial charge is 0.408 e. The number of unbranched alkanes of at least 4 members (excludes halogenated alkanes) is 3. The van der Waals surface area contributed by atoms with Crippen molar-refractivity contribution in [2.45, 2.75) is 71.1 Å². The van der Waals surface area contributed by atoms with E-state index in [0.29, 0.717) is 12.0 Å². The zero-order valence-corrected chi connectivity index (χ0v) is 22.6. The normalized spacial score (nSPS) is 12.7. The number of alkyl carbamates (subject to hydrolysis) is 1. The van der Waals surface area contributed by atoms with Crippen LogP contribution in [0, 0.1) is 0 Å². The summed E-state index contributed by atoms with van der Waals surface area (Å²) < 4.78 is 9.88. The molecule has 0 heterocycles. The Labute approximate surface area is 218 Å². The van der Waals surface area contributed by atoms with Crippen LogP contribution in [0.4, 0.5) is 4.79 Å². The van der Waals surface area contributed by atoms with E-state index in [0.717, 1.165) is 19.3 Å². The van der Waals surface area contributed by atoms with Gasteiger partial charge in [-0.2, -0.15) is 12.6 Å². The molecule has 10 nitrogen and oxygen atoms in total. The Morgan fingerprint density at radius 2 is 1.83 bits per heavy atom. The highest BCUT2D eigenvalue weighted by Gasteiger charge is 2.36. The predicted octanol–water partition coefficient (Wildman–Crippen LogP) is 2.95. The molecule has 36 heavy (non-hydrogen) atoms. The van der Waals surface area contributed by atoms with Gasteiger partial charge in [0.25, 0.3) is 0 Å². The number of benzene rings is 1. The summed E-state index contributed by atoms with van der Waals surface area (Å²) in [6.07, 6.45) is 2.56. The number of aromatic hydroxyl groups is 1. The number of nitrogens with zero attached hydrogens (tertiary/aromatic N) is 1. The van der Waals surface area contributed by atoms with E-state index in [9.17, 15) is 24.3 Å². The molecular formula is C25H39N3O7S. The van der Waals surface area contributed by atoms with Gasteiger partial charge in [0, 0.05) is 12.3 Å². The van der Waals surface area contributed by atoms with E-state index < -0.39 is 48.1 Å². The molecule has 0 aliphatic carbocycles. The first-order chi connectivity index (χ1) is 16.9. The minimum Gasteiger partial charge on any atom is -0.508 e. The second kappa shape index (κ2) is 15.2. The van der Waals surface area contributed by atoms with Crippen molar-refractivity contribution in [3.05, 3.63) is 29.8 Å². The molecule has 2 unspecified atom stereocenters. The lowest BCUT2D eigenvalue weighted by molar-refractivity contribution is -0.144. The van der Waals surface area contributed by atoms with Crippen molar-refractivity contribution >= 4 is 36.5 Å². The van der Waals surface area contributed by atoms with Crippen molar-refractivity contribution in [2.75, 3.05) is 26.0 Å². The molecular weight excluding hydrogens is 486 g/mol. The number of ether oxygens (including phenoxy) is 2. The zero-order valence-electron chi connectivity index (χ0n) is 21.7. The Morgan fingerprint density at radius 3 is 2.39 bits per heavy atom. The lowest BCUT2D eigenvalue weighted by Crippen LogP contribution is -2.54. The fourth-order valence-electron chi connectivity index (χ4n) is 3.41. The molecule has 1 aromatic carbocycles. The van der Waals surface area contributed by atoms with E-state index in [1.165, 1.54) is 24.1 Å². The fourth-order valence-corrected chi connectivity index (χ4v) is 3.65. The quantitative estimate of drug-likeness (QED) is 0.177. The second-order valence-electron chi connectivity index (χ2n) is 9.27. The molecule has 0 aromatic heterocycles. The van der Waals surface area contributed by atoms with Crippen molar-refractivity contribution in [3.63, 3.8) is 0 Å². The van der Waals surface area contributed by atoms with Gasteiger partial charge >= 0.3 is 12.1 Å². The van der Waals surface area contributed by atoms with E-state index in [-0.39, 0.29) is 18.0 Å². The molecule has 0 radical (unpaired) electrons. The van der Waals surface area contributed by atoms with Crippen molar-refractivity contribution in [1.29, 1.82) is 0 Å². The number of amides is 3. The molecule has 0 aliphatic rings. The van der Waals surface area contributed by atoms with Crippen molar-refractivity contribution in [1.82, 2.24) is 15.5 Å². The second-order valence-corrected chi connectivity index (χ2v) is 9.63. The van der Waals surface area contributed by atoms with Gasteiger partial charge in [-0.1, -0.05) is 38.3 Å². The molecule has 3 N–H and O–H groups in total. The molecule has 11 heteroatoms. The summed E-state index contributed by atoms with van der Waals surface area (Å²) in [6.45, 7) is 6.97. The van der Waals surface area contributed by atoms with Crippen LogP contribution in [0.15, 0.2) is 24.3 Å². The van der Waals surface area contributed by atoms with E-state index in [1.807, 2.05) is 0 Å². The van der Waals surface area contributed by atoms with E-state index in [4.69, 9.17) is 4.74 Å². The summed E-state index contributed by atoms with van der Waals surface area (Å²) in [7, 11) is 1.20. The minimum absolute atomic E-state index is 0.0416. The summed E-state index contributed by atoms with van der Waals surface area (Å²) in [5.41, 5.74) is -0.428. The van der Waals surface area contributed by atoms with Gasteiger partial charge in [0.2, 0.25) is 11.8 Å². The van der Waals surface area contributed by atoms with Gasteiger partial charge < -0.3 is 30.1 Å². The number of hydrogen-bond acceptors (Lipinski definition) is 8. The number of methoxy groups -OCH3 is 1. The van der Waals surface area contributed by atoms with E-state index in [2.05, 4.69) is 34.9 Å². The van der Waals surface area contributed by atoms with Gasteiger partial charge in [0.1, 0.15) is 30.0 Å². The Kier molecular flexibility index (Phi) is 13.1. The summed E-state index contributed by atoms with van der Waals surface area (Å²) in [5.74, 6) is -1.97. The summed E-state index contributed by atoms with van der Waals surface area (Å²) >= 11 is 4.25. The molecule has 0 aliphatic heterocycles. The average molecular weight is 526 g/mol. The third-order valence-electron chi connectivity index (χ3n) is 5.09.